The topological polar surface area (TPSA) is 43.4 Å². The van der Waals surface area contributed by atoms with E-state index in [9.17, 15) is 9.00 Å². The van der Waals surface area contributed by atoms with Gasteiger partial charge in [-0.2, -0.15) is 0 Å². The molecule has 0 heterocycles. The van der Waals surface area contributed by atoms with Crippen LogP contribution in [0.3, 0.4) is 0 Å². The first-order valence-corrected chi connectivity index (χ1v) is 6.24. The molecule has 1 unspecified atom stereocenters. The average Bonchev–Trinajstić information content (AvgIpc) is 2.27. The molecule has 0 aromatic heterocycles. The van der Waals surface area contributed by atoms with Crippen molar-refractivity contribution in [1.29, 1.82) is 0 Å². The van der Waals surface area contributed by atoms with Crippen molar-refractivity contribution in [1.82, 2.24) is 0 Å². The van der Waals surface area contributed by atoms with E-state index in [4.69, 9.17) is 16.3 Å². The Bertz CT molecular complexity index is 340. The lowest BCUT2D eigenvalue weighted by Gasteiger charge is -2.02. The Kier molecular flexibility index (Phi) is 5.36. The second-order valence-corrected chi connectivity index (χ2v) is 4.54. The van der Waals surface area contributed by atoms with E-state index in [1.807, 2.05) is 6.07 Å². The minimum Gasteiger partial charge on any atom is -0.464 e. The molecule has 0 bridgehead atoms. The molecular weight excluding hydrogens is 236 g/mol. The summed E-state index contributed by atoms with van der Waals surface area (Å²) in [6.07, 6.45) is 0. The molecule has 1 rings (SSSR count). The van der Waals surface area contributed by atoms with Gasteiger partial charge < -0.3 is 4.74 Å². The molecule has 0 saturated carbocycles. The van der Waals surface area contributed by atoms with Crippen LogP contribution in [0.15, 0.2) is 35.2 Å². The van der Waals surface area contributed by atoms with Crippen LogP contribution in [0.1, 0.15) is 0 Å². The van der Waals surface area contributed by atoms with E-state index < -0.39 is 16.8 Å². The van der Waals surface area contributed by atoms with Crippen molar-refractivity contribution in [2.75, 3.05) is 18.2 Å². The zero-order valence-electron chi connectivity index (χ0n) is 8.02. The predicted molar refractivity (Wildman–Crippen MR) is 59.4 cm³/mol. The number of hydrogen-bond acceptors (Lipinski definition) is 3. The number of hydrogen-bond donors (Lipinski definition) is 0. The summed E-state index contributed by atoms with van der Waals surface area (Å²) >= 11 is 5.35. The number of esters is 1. The Morgan fingerprint density at radius 2 is 2.00 bits per heavy atom. The van der Waals surface area contributed by atoms with E-state index in [0.29, 0.717) is 4.90 Å². The maximum absolute atomic E-state index is 11.6. The number of halogens is 1. The molecule has 0 fully saturated rings. The van der Waals surface area contributed by atoms with Crippen molar-refractivity contribution in [3.63, 3.8) is 0 Å². The number of benzene rings is 1. The third kappa shape index (κ3) is 4.44. The molecule has 3 nitrogen and oxygen atoms in total. The standard InChI is InChI=1S/C10H11ClO3S/c11-6-7-14-10(12)8-15(13)9-4-2-1-3-5-9/h1-5H,6-8H2. The van der Waals surface area contributed by atoms with E-state index in [1.54, 1.807) is 24.3 Å². The van der Waals surface area contributed by atoms with Crippen molar-refractivity contribution in [2.24, 2.45) is 0 Å². The van der Waals surface area contributed by atoms with Gasteiger partial charge in [-0.25, -0.2) is 0 Å². The third-order valence-electron chi connectivity index (χ3n) is 1.60. The summed E-state index contributed by atoms with van der Waals surface area (Å²) in [5.74, 6) is -0.359. The fourth-order valence-corrected chi connectivity index (χ4v) is 1.96. The van der Waals surface area contributed by atoms with Gasteiger partial charge >= 0.3 is 5.97 Å². The normalized spacial score (nSPS) is 12.1. The fourth-order valence-electron chi connectivity index (χ4n) is 0.957. The van der Waals surface area contributed by atoms with Crippen molar-refractivity contribution >= 4 is 28.4 Å². The maximum atomic E-state index is 11.6. The Morgan fingerprint density at radius 3 is 2.60 bits per heavy atom. The number of rotatable bonds is 5. The van der Waals surface area contributed by atoms with Crippen LogP contribution in [0.4, 0.5) is 0 Å². The maximum Gasteiger partial charge on any atom is 0.318 e. The summed E-state index contributed by atoms with van der Waals surface area (Å²) in [5, 5.41) is 0. The molecule has 1 atom stereocenters. The summed E-state index contributed by atoms with van der Waals surface area (Å²) in [7, 11) is -1.33. The van der Waals surface area contributed by atoms with Crippen molar-refractivity contribution < 1.29 is 13.7 Å². The van der Waals surface area contributed by atoms with Crippen LogP contribution in [0.2, 0.25) is 0 Å². The third-order valence-corrected chi connectivity index (χ3v) is 3.05. The molecule has 0 saturated heterocycles. The molecule has 0 amide bonds. The van der Waals surface area contributed by atoms with Gasteiger partial charge in [-0.1, -0.05) is 18.2 Å². The highest BCUT2D eigenvalue weighted by atomic mass is 35.5. The number of alkyl halides is 1. The first-order chi connectivity index (χ1) is 7.24. The molecule has 82 valence electrons. The van der Waals surface area contributed by atoms with Gasteiger partial charge in [-0.3, -0.25) is 9.00 Å². The molecular formula is C10H11ClO3S. The molecule has 0 spiro atoms. The zero-order valence-corrected chi connectivity index (χ0v) is 9.59. The Labute approximate surface area is 95.8 Å². The first kappa shape index (κ1) is 12.2. The van der Waals surface area contributed by atoms with E-state index in [1.165, 1.54) is 0 Å². The lowest BCUT2D eigenvalue weighted by Crippen LogP contribution is -2.15. The highest BCUT2D eigenvalue weighted by molar-refractivity contribution is 7.85. The van der Waals surface area contributed by atoms with Gasteiger partial charge in [0.15, 0.2) is 0 Å². The van der Waals surface area contributed by atoms with Crippen LogP contribution in [0.5, 0.6) is 0 Å². The molecule has 0 N–H and O–H groups in total. The van der Waals surface area contributed by atoms with Crippen molar-refractivity contribution in [3.8, 4) is 0 Å². The second kappa shape index (κ2) is 6.58. The lowest BCUT2D eigenvalue weighted by molar-refractivity contribution is -0.139. The molecule has 1 aromatic rings. The van der Waals surface area contributed by atoms with E-state index in [-0.39, 0.29) is 18.2 Å². The van der Waals surface area contributed by atoms with E-state index in [2.05, 4.69) is 0 Å². The molecule has 5 heteroatoms. The lowest BCUT2D eigenvalue weighted by atomic mass is 10.4. The summed E-state index contributed by atoms with van der Waals surface area (Å²) in [4.78, 5) is 11.7. The van der Waals surface area contributed by atoms with Crippen molar-refractivity contribution in [2.45, 2.75) is 4.90 Å². The van der Waals surface area contributed by atoms with Crippen LogP contribution in [-0.2, 0) is 20.3 Å². The Morgan fingerprint density at radius 1 is 1.33 bits per heavy atom. The monoisotopic (exact) mass is 246 g/mol. The van der Waals surface area contributed by atoms with Gasteiger partial charge in [0.2, 0.25) is 0 Å². The van der Waals surface area contributed by atoms with Crippen LogP contribution < -0.4 is 0 Å². The van der Waals surface area contributed by atoms with Crippen LogP contribution in [0, 0.1) is 0 Å². The molecule has 0 radical (unpaired) electrons. The minimum atomic E-state index is -1.33. The van der Waals surface area contributed by atoms with Crippen LogP contribution >= 0.6 is 11.6 Å². The predicted octanol–water partition coefficient (Wildman–Crippen LogP) is 1.58. The zero-order chi connectivity index (χ0) is 11.1. The molecule has 15 heavy (non-hydrogen) atoms. The molecule has 1 aromatic carbocycles. The van der Waals surface area contributed by atoms with Gasteiger partial charge in [0.05, 0.1) is 16.7 Å². The summed E-state index contributed by atoms with van der Waals surface area (Å²) < 4.78 is 16.3. The number of carbonyl (C=O) groups excluding carboxylic acids is 1. The molecule has 0 aliphatic carbocycles. The highest BCUT2D eigenvalue weighted by Gasteiger charge is 2.10. The number of ether oxygens (including phenoxy) is 1. The summed E-state index contributed by atoms with van der Waals surface area (Å²) in [6, 6.07) is 8.80. The quantitative estimate of drug-likeness (QED) is 0.585. The highest BCUT2D eigenvalue weighted by Crippen LogP contribution is 2.05. The Hall–Kier alpha value is -0.870. The molecule has 0 aliphatic rings. The van der Waals surface area contributed by atoms with Crippen LogP contribution in [-0.4, -0.2) is 28.4 Å². The smallest absolute Gasteiger partial charge is 0.318 e. The summed E-state index contributed by atoms with van der Waals surface area (Å²) in [5.41, 5.74) is 0. The van der Waals surface area contributed by atoms with Gasteiger partial charge in [-0.05, 0) is 12.1 Å². The average molecular weight is 247 g/mol. The number of carbonyl (C=O) groups is 1. The van der Waals surface area contributed by atoms with Gasteiger partial charge in [0, 0.05) is 4.90 Å². The fraction of sp³-hybridized carbons (Fsp3) is 0.300. The first-order valence-electron chi connectivity index (χ1n) is 4.39. The van der Waals surface area contributed by atoms with Gasteiger partial charge in [0.25, 0.3) is 0 Å². The minimum absolute atomic E-state index is 0.124. The van der Waals surface area contributed by atoms with E-state index >= 15 is 0 Å². The SMILES string of the molecule is O=C(CS(=O)c1ccccc1)OCCCl. The van der Waals surface area contributed by atoms with Gasteiger partial charge in [-0.15, -0.1) is 11.6 Å². The Balaban J connectivity index is 2.46. The largest absolute Gasteiger partial charge is 0.464 e. The molecule has 0 aliphatic heterocycles. The van der Waals surface area contributed by atoms with E-state index in [0.717, 1.165) is 0 Å². The second-order valence-electron chi connectivity index (χ2n) is 2.71. The van der Waals surface area contributed by atoms with Crippen LogP contribution in [0.25, 0.3) is 0 Å². The van der Waals surface area contributed by atoms with Gasteiger partial charge in [0.1, 0.15) is 12.4 Å². The van der Waals surface area contributed by atoms with Crippen molar-refractivity contribution in [3.05, 3.63) is 30.3 Å². The summed E-state index contributed by atoms with van der Waals surface area (Å²) in [6.45, 7) is 0.159.